The zero-order chi connectivity index (χ0) is 21.1. The monoisotopic (exact) mass is 428 g/mol. The summed E-state index contributed by atoms with van der Waals surface area (Å²) in [5.74, 6) is 0. The highest BCUT2D eigenvalue weighted by molar-refractivity contribution is 6.84. The van der Waals surface area contributed by atoms with Crippen molar-refractivity contribution in [1.29, 1.82) is 0 Å². The van der Waals surface area contributed by atoms with Gasteiger partial charge in [-0.2, -0.15) is 0 Å². The molecular weight excluding hydrogens is 380 g/mol. The molecule has 0 aliphatic heterocycles. The molecule has 0 aromatic rings. The SMILES string of the molecule is C=C[Si](C)(OCCCCCC)O[Si](C)(C=C)OCCCCCCCCCCC. The lowest BCUT2D eigenvalue weighted by atomic mass is 10.1. The predicted octanol–water partition coefficient (Wildman–Crippen LogP) is 7.74. The van der Waals surface area contributed by atoms with Gasteiger partial charge in [-0.1, -0.05) is 95.9 Å². The molecule has 0 aliphatic carbocycles. The van der Waals surface area contributed by atoms with E-state index in [9.17, 15) is 0 Å². The lowest BCUT2D eigenvalue weighted by molar-refractivity contribution is 0.197. The Hall–Kier alpha value is -0.206. The zero-order valence-corrected chi connectivity index (χ0v) is 21.4. The van der Waals surface area contributed by atoms with Crippen molar-refractivity contribution in [3.63, 3.8) is 0 Å². The van der Waals surface area contributed by atoms with E-state index in [1.165, 1.54) is 70.6 Å². The highest BCUT2D eigenvalue weighted by atomic mass is 28.5. The molecule has 0 bridgehead atoms. The molecule has 0 aliphatic rings. The van der Waals surface area contributed by atoms with Crippen LogP contribution in [0.1, 0.15) is 97.3 Å². The fourth-order valence-electron chi connectivity index (χ4n) is 3.15. The smallest absolute Gasteiger partial charge is 0.352 e. The second-order valence-electron chi connectivity index (χ2n) is 8.13. The third-order valence-corrected chi connectivity index (χ3v) is 11.5. The van der Waals surface area contributed by atoms with Crippen molar-refractivity contribution in [2.24, 2.45) is 0 Å². The summed E-state index contributed by atoms with van der Waals surface area (Å²) in [6.07, 6.45) is 16.7. The Morgan fingerprint density at radius 3 is 1.25 bits per heavy atom. The second kappa shape index (κ2) is 17.6. The summed E-state index contributed by atoms with van der Waals surface area (Å²) in [5.41, 5.74) is 3.76. The van der Waals surface area contributed by atoms with Gasteiger partial charge in [-0.15, -0.1) is 13.2 Å². The van der Waals surface area contributed by atoms with Gasteiger partial charge in [0.05, 0.1) is 0 Å². The van der Waals surface area contributed by atoms with Crippen LogP contribution in [0, 0.1) is 0 Å². The normalized spacial score (nSPS) is 15.7. The van der Waals surface area contributed by atoms with Gasteiger partial charge in [0.25, 0.3) is 0 Å². The van der Waals surface area contributed by atoms with E-state index in [1.54, 1.807) is 0 Å². The molecule has 0 heterocycles. The Labute approximate surface area is 178 Å². The first kappa shape index (κ1) is 27.8. The summed E-state index contributed by atoms with van der Waals surface area (Å²) < 4.78 is 18.7. The molecular formula is C23H48O3Si2. The molecule has 166 valence electrons. The lowest BCUT2D eigenvalue weighted by Crippen LogP contribution is -2.50. The Balaban J connectivity index is 4.06. The molecule has 0 aromatic heterocycles. The van der Waals surface area contributed by atoms with E-state index in [0.29, 0.717) is 0 Å². The lowest BCUT2D eigenvalue weighted by Gasteiger charge is -2.33. The van der Waals surface area contributed by atoms with Crippen LogP contribution in [0.25, 0.3) is 0 Å². The Morgan fingerprint density at radius 1 is 0.571 bits per heavy atom. The molecule has 0 saturated carbocycles. The first-order valence-corrected chi connectivity index (χ1v) is 16.5. The summed E-state index contributed by atoms with van der Waals surface area (Å²) in [5, 5.41) is 0. The van der Waals surface area contributed by atoms with Crippen LogP contribution in [-0.2, 0) is 13.0 Å². The number of rotatable bonds is 21. The molecule has 3 nitrogen and oxygen atoms in total. The first-order valence-electron chi connectivity index (χ1n) is 11.7. The van der Waals surface area contributed by atoms with E-state index in [-0.39, 0.29) is 0 Å². The molecule has 0 N–H and O–H groups in total. The van der Waals surface area contributed by atoms with E-state index >= 15 is 0 Å². The van der Waals surface area contributed by atoms with Crippen LogP contribution in [0.2, 0.25) is 13.1 Å². The average Bonchev–Trinajstić information content (AvgIpc) is 2.69. The van der Waals surface area contributed by atoms with Crippen LogP contribution in [0.15, 0.2) is 24.6 Å². The minimum Gasteiger partial charge on any atom is -0.409 e. The Bertz CT molecular complexity index is 392. The minimum atomic E-state index is -2.42. The summed E-state index contributed by atoms with van der Waals surface area (Å²) in [4.78, 5) is 0. The van der Waals surface area contributed by atoms with Gasteiger partial charge in [0.1, 0.15) is 0 Å². The maximum Gasteiger partial charge on any atom is 0.352 e. The molecule has 0 fully saturated rings. The van der Waals surface area contributed by atoms with Crippen molar-refractivity contribution in [3.05, 3.63) is 24.6 Å². The van der Waals surface area contributed by atoms with Gasteiger partial charge in [0, 0.05) is 13.2 Å². The molecule has 2 unspecified atom stereocenters. The van der Waals surface area contributed by atoms with E-state index < -0.39 is 17.1 Å². The maximum atomic E-state index is 6.41. The summed E-state index contributed by atoms with van der Waals surface area (Å²) in [7, 11) is -4.82. The van der Waals surface area contributed by atoms with E-state index in [4.69, 9.17) is 13.0 Å². The molecule has 0 radical (unpaired) electrons. The molecule has 0 rings (SSSR count). The number of unbranched alkanes of at least 4 members (excludes halogenated alkanes) is 11. The first-order chi connectivity index (χ1) is 13.4. The van der Waals surface area contributed by atoms with Gasteiger partial charge in [0.15, 0.2) is 0 Å². The van der Waals surface area contributed by atoms with Gasteiger partial charge >= 0.3 is 17.1 Å². The standard InChI is InChI=1S/C23H48O3Si2/c1-7-11-13-15-16-17-18-19-21-23-25-28(6,10-4)26-27(5,9-3)24-22-20-14-12-8-2/h9-10H,3-4,7-8,11-23H2,1-2,5-6H3. The van der Waals surface area contributed by atoms with Crippen LogP contribution in [-0.4, -0.2) is 30.3 Å². The van der Waals surface area contributed by atoms with Crippen LogP contribution in [0.3, 0.4) is 0 Å². The average molecular weight is 429 g/mol. The predicted molar refractivity (Wildman–Crippen MR) is 128 cm³/mol. The summed E-state index contributed by atoms with van der Waals surface area (Å²) >= 11 is 0. The maximum absolute atomic E-state index is 6.41. The summed E-state index contributed by atoms with van der Waals surface area (Å²) in [6.45, 7) is 18.1. The number of hydrogen-bond donors (Lipinski definition) is 0. The highest BCUT2D eigenvalue weighted by Crippen LogP contribution is 2.20. The minimum absolute atomic E-state index is 0.745. The van der Waals surface area contributed by atoms with Crippen molar-refractivity contribution in [2.75, 3.05) is 13.2 Å². The molecule has 2 atom stereocenters. The van der Waals surface area contributed by atoms with Crippen molar-refractivity contribution in [2.45, 2.75) is 110 Å². The van der Waals surface area contributed by atoms with Crippen molar-refractivity contribution >= 4 is 17.1 Å². The van der Waals surface area contributed by atoms with Crippen LogP contribution < -0.4 is 0 Å². The van der Waals surface area contributed by atoms with Gasteiger partial charge in [-0.25, -0.2) is 0 Å². The van der Waals surface area contributed by atoms with Crippen molar-refractivity contribution < 1.29 is 13.0 Å². The van der Waals surface area contributed by atoms with Crippen LogP contribution in [0.5, 0.6) is 0 Å². The largest absolute Gasteiger partial charge is 0.409 e. The highest BCUT2D eigenvalue weighted by Gasteiger charge is 2.39. The van der Waals surface area contributed by atoms with Crippen molar-refractivity contribution in [1.82, 2.24) is 0 Å². The van der Waals surface area contributed by atoms with Gasteiger partial charge in [0.2, 0.25) is 0 Å². The topological polar surface area (TPSA) is 27.7 Å². The molecule has 0 aromatic carbocycles. The molecule has 5 heteroatoms. The zero-order valence-electron chi connectivity index (χ0n) is 19.4. The fourth-order valence-corrected chi connectivity index (χ4v) is 8.85. The third kappa shape index (κ3) is 14.7. The van der Waals surface area contributed by atoms with Gasteiger partial charge < -0.3 is 13.0 Å². The molecule has 0 amide bonds. The quantitative estimate of drug-likeness (QED) is 0.138. The third-order valence-electron chi connectivity index (χ3n) is 5.17. The molecule has 0 spiro atoms. The molecule has 0 saturated heterocycles. The Kier molecular flexibility index (Phi) is 17.5. The van der Waals surface area contributed by atoms with Crippen LogP contribution >= 0.6 is 0 Å². The van der Waals surface area contributed by atoms with E-state index in [1.807, 2.05) is 11.4 Å². The Morgan fingerprint density at radius 2 is 0.893 bits per heavy atom. The van der Waals surface area contributed by atoms with E-state index in [0.717, 1.165) is 26.1 Å². The van der Waals surface area contributed by atoms with Gasteiger partial charge in [-0.3, -0.25) is 0 Å². The molecule has 28 heavy (non-hydrogen) atoms. The van der Waals surface area contributed by atoms with E-state index in [2.05, 4.69) is 40.1 Å². The fraction of sp³-hybridized carbons (Fsp3) is 0.826. The second-order valence-corrected chi connectivity index (χ2v) is 14.4. The summed E-state index contributed by atoms with van der Waals surface area (Å²) in [6, 6.07) is 0. The van der Waals surface area contributed by atoms with Crippen LogP contribution in [0.4, 0.5) is 0 Å². The number of hydrogen-bond acceptors (Lipinski definition) is 3. The van der Waals surface area contributed by atoms with Gasteiger partial charge in [-0.05, 0) is 25.9 Å². The van der Waals surface area contributed by atoms with Crippen molar-refractivity contribution in [3.8, 4) is 0 Å².